The number of aromatic hydroxyl groups is 1. The maximum atomic E-state index is 12.2. The summed E-state index contributed by atoms with van der Waals surface area (Å²) in [5.41, 5.74) is -0.663. The van der Waals surface area contributed by atoms with Gasteiger partial charge in [-0.05, 0) is 12.1 Å². The molecule has 17 heavy (non-hydrogen) atoms. The third-order valence-electron chi connectivity index (χ3n) is 2.00. The zero-order valence-electron chi connectivity index (χ0n) is 8.96. The Hall–Kier alpha value is -1.92. The van der Waals surface area contributed by atoms with E-state index in [0.29, 0.717) is 0 Å². The SMILES string of the molecule is COc1cc(C(=O)C(F)(F)F)cc(OC)c1O. The summed E-state index contributed by atoms with van der Waals surface area (Å²) >= 11 is 0. The van der Waals surface area contributed by atoms with Crippen LogP contribution < -0.4 is 9.47 Å². The van der Waals surface area contributed by atoms with Crippen molar-refractivity contribution in [1.29, 1.82) is 0 Å². The number of methoxy groups -OCH3 is 2. The van der Waals surface area contributed by atoms with Crippen LogP contribution in [0.25, 0.3) is 0 Å². The predicted molar refractivity (Wildman–Crippen MR) is 51.6 cm³/mol. The predicted octanol–water partition coefficient (Wildman–Crippen LogP) is 2.15. The summed E-state index contributed by atoms with van der Waals surface area (Å²) in [4.78, 5) is 11.0. The minimum atomic E-state index is -4.99. The number of hydrogen-bond donors (Lipinski definition) is 1. The molecule has 4 nitrogen and oxygen atoms in total. The Balaban J connectivity index is 3.32. The zero-order chi connectivity index (χ0) is 13.2. The number of halogens is 3. The summed E-state index contributed by atoms with van der Waals surface area (Å²) in [6, 6.07) is 1.60. The van der Waals surface area contributed by atoms with E-state index in [0.717, 1.165) is 26.4 Å². The normalized spacial score (nSPS) is 11.1. The molecule has 1 aromatic carbocycles. The van der Waals surface area contributed by atoms with Crippen molar-refractivity contribution < 1.29 is 32.5 Å². The number of hydrogen-bond acceptors (Lipinski definition) is 4. The molecule has 0 unspecified atom stereocenters. The number of benzene rings is 1. The second kappa shape index (κ2) is 4.52. The van der Waals surface area contributed by atoms with Gasteiger partial charge in [0.15, 0.2) is 11.5 Å². The van der Waals surface area contributed by atoms with Crippen molar-refractivity contribution in [2.75, 3.05) is 14.2 Å². The molecule has 0 aliphatic rings. The minimum Gasteiger partial charge on any atom is -0.502 e. The molecule has 1 aromatic rings. The first kappa shape index (κ1) is 13.1. The first-order valence-electron chi connectivity index (χ1n) is 4.37. The Morgan fingerprint density at radius 1 is 1.18 bits per heavy atom. The maximum absolute atomic E-state index is 12.2. The van der Waals surface area contributed by atoms with Crippen molar-refractivity contribution in [1.82, 2.24) is 0 Å². The van der Waals surface area contributed by atoms with Crippen LogP contribution in [0.4, 0.5) is 13.2 Å². The summed E-state index contributed by atoms with van der Waals surface area (Å²) in [6.45, 7) is 0. The van der Waals surface area contributed by atoms with E-state index in [9.17, 15) is 23.1 Å². The minimum absolute atomic E-state index is 0.267. The van der Waals surface area contributed by atoms with Crippen LogP contribution >= 0.6 is 0 Å². The molecular formula is C10H9F3O4. The van der Waals surface area contributed by atoms with E-state index in [4.69, 9.17) is 0 Å². The standard InChI is InChI=1S/C10H9F3O4/c1-16-6-3-5(9(15)10(11,12)13)4-7(17-2)8(6)14/h3-4,14H,1-2H3. The van der Waals surface area contributed by atoms with E-state index in [-0.39, 0.29) is 11.5 Å². The third-order valence-corrected chi connectivity index (χ3v) is 2.00. The quantitative estimate of drug-likeness (QED) is 0.835. The van der Waals surface area contributed by atoms with Gasteiger partial charge in [0.2, 0.25) is 5.75 Å². The lowest BCUT2D eigenvalue weighted by molar-refractivity contribution is -0.0885. The average molecular weight is 250 g/mol. The molecule has 0 aliphatic carbocycles. The largest absolute Gasteiger partial charge is 0.502 e. The molecule has 0 aliphatic heterocycles. The number of Topliss-reactive ketones (excluding diaryl/α,β-unsaturated/α-hetero) is 1. The average Bonchev–Trinajstić information content (AvgIpc) is 2.27. The number of ether oxygens (including phenoxy) is 2. The Bertz CT molecular complexity index is 415. The van der Waals surface area contributed by atoms with Gasteiger partial charge in [-0.2, -0.15) is 13.2 Å². The first-order chi connectivity index (χ1) is 7.81. The van der Waals surface area contributed by atoms with Crippen LogP contribution in [0.3, 0.4) is 0 Å². The highest BCUT2D eigenvalue weighted by molar-refractivity contribution is 6.01. The molecule has 0 fully saturated rings. The fourth-order valence-corrected chi connectivity index (χ4v) is 1.19. The molecule has 0 spiro atoms. The summed E-state index contributed by atoms with van der Waals surface area (Å²) in [7, 11) is 2.30. The highest BCUT2D eigenvalue weighted by Crippen LogP contribution is 2.38. The molecule has 0 aromatic heterocycles. The van der Waals surface area contributed by atoms with Gasteiger partial charge in [0.05, 0.1) is 14.2 Å². The van der Waals surface area contributed by atoms with E-state index in [2.05, 4.69) is 9.47 Å². The third kappa shape index (κ3) is 2.61. The van der Waals surface area contributed by atoms with Gasteiger partial charge in [-0.1, -0.05) is 0 Å². The number of carbonyl (C=O) groups excluding carboxylic acids is 1. The lowest BCUT2D eigenvalue weighted by Crippen LogP contribution is -2.22. The van der Waals surface area contributed by atoms with Crippen LogP contribution in [0.5, 0.6) is 17.2 Å². The lowest BCUT2D eigenvalue weighted by atomic mass is 10.1. The van der Waals surface area contributed by atoms with E-state index in [1.165, 1.54) is 0 Å². The summed E-state index contributed by atoms with van der Waals surface area (Å²) in [5, 5.41) is 9.46. The molecule has 0 saturated heterocycles. The zero-order valence-corrected chi connectivity index (χ0v) is 8.96. The molecule has 0 bridgehead atoms. The number of phenolic OH excluding ortho intramolecular Hbond substituents is 1. The maximum Gasteiger partial charge on any atom is 0.454 e. The Kier molecular flexibility index (Phi) is 3.50. The second-order valence-corrected chi connectivity index (χ2v) is 3.06. The van der Waals surface area contributed by atoms with Gasteiger partial charge in [-0.15, -0.1) is 0 Å². The fraction of sp³-hybridized carbons (Fsp3) is 0.300. The highest BCUT2D eigenvalue weighted by atomic mass is 19.4. The molecule has 1 N–H and O–H groups in total. The Morgan fingerprint density at radius 2 is 1.59 bits per heavy atom. The van der Waals surface area contributed by atoms with Gasteiger partial charge >= 0.3 is 6.18 Å². The van der Waals surface area contributed by atoms with Gasteiger partial charge < -0.3 is 14.6 Å². The van der Waals surface area contributed by atoms with Crippen LogP contribution in [-0.4, -0.2) is 31.3 Å². The number of phenols is 1. The second-order valence-electron chi connectivity index (χ2n) is 3.06. The topological polar surface area (TPSA) is 55.8 Å². The molecular weight excluding hydrogens is 241 g/mol. The van der Waals surface area contributed by atoms with Gasteiger partial charge in [0.25, 0.3) is 5.78 Å². The van der Waals surface area contributed by atoms with Crippen LogP contribution in [0.2, 0.25) is 0 Å². The smallest absolute Gasteiger partial charge is 0.454 e. The van der Waals surface area contributed by atoms with Gasteiger partial charge in [0.1, 0.15) is 0 Å². The van der Waals surface area contributed by atoms with Crippen molar-refractivity contribution in [3.8, 4) is 17.2 Å². The summed E-state index contributed by atoms with van der Waals surface area (Å²) in [6.07, 6.45) is -4.99. The van der Waals surface area contributed by atoms with E-state index >= 15 is 0 Å². The van der Waals surface area contributed by atoms with Crippen LogP contribution in [0.15, 0.2) is 12.1 Å². The van der Waals surface area contributed by atoms with Gasteiger partial charge in [-0.25, -0.2) is 0 Å². The fourth-order valence-electron chi connectivity index (χ4n) is 1.19. The van der Waals surface area contributed by atoms with Crippen LogP contribution in [0, 0.1) is 0 Å². The summed E-state index contributed by atoms with van der Waals surface area (Å²) in [5.74, 6) is -3.03. The van der Waals surface area contributed by atoms with Crippen molar-refractivity contribution in [2.24, 2.45) is 0 Å². The number of rotatable bonds is 3. The molecule has 0 saturated carbocycles. The highest BCUT2D eigenvalue weighted by Gasteiger charge is 2.40. The van der Waals surface area contributed by atoms with Crippen molar-refractivity contribution in [3.63, 3.8) is 0 Å². The number of carbonyl (C=O) groups is 1. The van der Waals surface area contributed by atoms with E-state index < -0.39 is 23.3 Å². The first-order valence-corrected chi connectivity index (χ1v) is 4.37. The molecule has 0 atom stereocenters. The molecule has 7 heteroatoms. The van der Waals surface area contributed by atoms with Crippen molar-refractivity contribution in [2.45, 2.75) is 6.18 Å². The monoisotopic (exact) mass is 250 g/mol. The number of alkyl halides is 3. The van der Waals surface area contributed by atoms with Crippen molar-refractivity contribution in [3.05, 3.63) is 17.7 Å². The van der Waals surface area contributed by atoms with Gasteiger partial charge in [0, 0.05) is 5.56 Å². The Morgan fingerprint density at radius 3 is 1.88 bits per heavy atom. The van der Waals surface area contributed by atoms with Crippen LogP contribution in [0.1, 0.15) is 10.4 Å². The van der Waals surface area contributed by atoms with E-state index in [1.54, 1.807) is 0 Å². The molecule has 0 heterocycles. The molecule has 1 rings (SSSR count). The number of ketones is 1. The van der Waals surface area contributed by atoms with Crippen molar-refractivity contribution >= 4 is 5.78 Å². The van der Waals surface area contributed by atoms with E-state index in [1.807, 2.05) is 0 Å². The van der Waals surface area contributed by atoms with Gasteiger partial charge in [-0.3, -0.25) is 4.79 Å². The molecule has 0 amide bonds. The molecule has 0 radical (unpaired) electrons. The lowest BCUT2D eigenvalue weighted by Gasteiger charge is -2.11. The molecule has 94 valence electrons. The summed E-state index contributed by atoms with van der Waals surface area (Å²) < 4.78 is 45.9. The van der Waals surface area contributed by atoms with Crippen LogP contribution in [-0.2, 0) is 0 Å². The Labute approximate surface area is 94.6 Å².